The molecule has 0 N–H and O–H groups in total. The molecule has 21 heavy (non-hydrogen) atoms. The van der Waals surface area contributed by atoms with E-state index in [4.69, 9.17) is 16.3 Å². The van der Waals surface area contributed by atoms with E-state index in [0.29, 0.717) is 29.8 Å². The highest BCUT2D eigenvalue weighted by atomic mass is 35.5. The number of nitrogens with zero attached hydrogens (tertiary/aromatic N) is 4. The monoisotopic (exact) mass is 306 g/mol. The van der Waals surface area contributed by atoms with E-state index < -0.39 is 5.97 Å². The van der Waals surface area contributed by atoms with E-state index in [1.54, 1.807) is 24.0 Å². The fourth-order valence-electron chi connectivity index (χ4n) is 2.24. The molecule has 3 rings (SSSR count). The van der Waals surface area contributed by atoms with Gasteiger partial charge in [0, 0.05) is 18.3 Å². The van der Waals surface area contributed by atoms with Crippen LogP contribution in [0.1, 0.15) is 47.4 Å². The maximum absolute atomic E-state index is 12.0. The molecule has 0 aliphatic heterocycles. The molecule has 1 aliphatic carbocycles. The van der Waals surface area contributed by atoms with E-state index in [9.17, 15) is 4.79 Å². The molecule has 1 aliphatic rings. The zero-order valence-corrected chi connectivity index (χ0v) is 12.4. The first-order chi connectivity index (χ1) is 10.2. The molecule has 110 valence electrons. The van der Waals surface area contributed by atoms with Crippen molar-refractivity contribution in [2.75, 3.05) is 6.61 Å². The van der Waals surface area contributed by atoms with Crippen LogP contribution < -0.4 is 0 Å². The number of esters is 1. The largest absolute Gasteiger partial charge is 0.461 e. The molecule has 7 heteroatoms. The zero-order chi connectivity index (χ0) is 14.8. The third kappa shape index (κ3) is 2.90. The van der Waals surface area contributed by atoms with Gasteiger partial charge in [-0.05, 0) is 31.4 Å². The summed E-state index contributed by atoms with van der Waals surface area (Å²) in [5.74, 6) is -0.0773. The van der Waals surface area contributed by atoms with E-state index in [-0.39, 0.29) is 0 Å². The van der Waals surface area contributed by atoms with Crippen molar-refractivity contribution in [1.29, 1.82) is 0 Å². The van der Waals surface area contributed by atoms with Crippen molar-refractivity contribution in [2.24, 2.45) is 0 Å². The van der Waals surface area contributed by atoms with Crippen LogP contribution in [0.3, 0.4) is 0 Å². The first kappa shape index (κ1) is 14.0. The quantitative estimate of drug-likeness (QED) is 0.793. The highest BCUT2D eigenvalue weighted by molar-refractivity contribution is 6.31. The summed E-state index contributed by atoms with van der Waals surface area (Å²) >= 11 is 6.13. The second-order valence-electron chi connectivity index (χ2n) is 4.94. The number of ether oxygens (including phenoxy) is 1. The minimum Gasteiger partial charge on any atom is -0.461 e. The molecule has 0 spiro atoms. The van der Waals surface area contributed by atoms with Gasteiger partial charge in [0.05, 0.1) is 23.9 Å². The Labute approximate surface area is 127 Å². The normalized spacial score (nSPS) is 14.2. The molecule has 0 atom stereocenters. The molecule has 2 aromatic rings. The third-order valence-electron chi connectivity index (χ3n) is 3.38. The van der Waals surface area contributed by atoms with Crippen molar-refractivity contribution in [2.45, 2.75) is 32.2 Å². The number of carbonyl (C=O) groups excluding carboxylic acids is 1. The van der Waals surface area contributed by atoms with Crippen LogP contribution in [0, 0.1) is 0 Å². The number of hydrogen-bond acceptors (Lipinski definition) is 5. The maximum atomic E-state index is 12.0. The van der Waals surface area contributed by atoms with Crippen LogP contribution in [0.25, 0.3) is 0 Å². The molecule has 0 amide bonds. The number of pyridine rings is 1. The van der Waals surface area contributed by atoms with Crippen LogP contribution in [0.4, 0.5) is 0 Å². The third-order valence-corrected chi connectivity index (χ3v) is 3.72. The van der Waals surface area contributed by atoms with Gasteiger partial charge in [0.25, 0.3) is 0 Å². The number of halogens is 1. The lowest BCUT2D eigenvalue weighted by Gasteiger charge is -2.08. The van der Waals surface area contributed by atoms with Gasteiger partial charge < -0.3 is 4.74 Å². The second-order valence-corrected chi connectivity index (χ2v) is 5.35. The van der Waals surface area contributed by atoms with Crippen molar-refractivity contribution in [3.63, 3.8) is 0 Å². The van der Waals surface area contributed by atoms with Crippen molar-refractivity contribution < 1.29 is 9.53 Å². The summed E-state index contributed by atoms with van der Waals surface area (Å²) in [6.45, 7) is 2.57. The van der Waals surface area contributed by atoms with Crippen LogP contribution in [0.2, 0.25) is 5.02 Å². The van der Waals surface area contributed by atoms with Crippen LogP contribution >= 0.6 is 11.6 Å². The lowest BCUT2D eigenvalue weighted by atomic mass is 10.2. The molecule has 0 radical (unpaired) electrons. The Bertz CT molecular complexity index is 667. The second kappa shape index (κ2) is 5.81. The van der Waals surface area contributed by atoms with Gasteiger partial charge >= 0.3 is 5.97 Å². The fraction of sp³-hybridized carbons (Fsp3) is 0.429. The molecule has 2 heterocycles. The summed E-state index contributed by atoms with van der Waals surface area (Å²) in [7, 11) is 0. The van der Waals surface area contributed by atoms with E-state index in [1.165, 1.54) is 0 Å². The maximum Gasteiger partial charge on any atom is 0.360 e. The van der Waals surface area contributed by atoms with E-state index >= 15 is 0 Å². The minimum absolute atomic E-state index is 0.324. The fourth-order valence-corrected chi connectivity index (χ4v) is 2.42. The average molecular weight is 307 g/mol. The van der Waals surface area contributed by atoms with E-state index in [2.05, 4.69) is 15.3 Å². The lowest BCUT2D eigenvalue weighted by Crippen LogP contribution is -2.11. The first-order valence-electron chi connectivity index (χ1n) is 6.89. The molecule has 0 saturated heterocycles. The summed E-state index contributed by atoms with van der Waals surface area (Å²) in [5.41, 5.74) is 2.07. The SMILES string of the molecule is CCOC(=O)c1nnn(Cc2ccncc2Cl)c1C1CC1. The lowest BCUT2D eigenvalue weighted by molar-refractivity contribution is 0.0518. The number of hydrogen-bond donors (Lipinski definition) is 0. The van der Waals surface area contributed by atoms with Crippen LogP contribution in [0.15, 0.2) is 18.5 Å². The smallest absolute Gasteiger partial charge is 0.360 e. The summed E-state index contributed by atoms with van der Waals surface area (Å²) < 4.78 is 6.78. The van der Waals surface area contributed by atoms with Gasteiger partial charge in [0.15, 0.2) is 5.69 Å². The Morgan fingerprint density at radius 3 is 3.00 bits per heavy atom. The van der Waals surface area contributed by atoms with Crippen LogP contribution in [-0.4, -0.2) is 32.6 Å². The Hall–Kier alpha value is -1.95. The number of aromatic nitrogens is 4. The van der Waals surface area contributed by atoms with Crippen LogP contribution in [-0.2, 0) is 11.3 Å². The molecule has 0 aromatic carbocycles. The van der Waals surface area contributed by atoms with E-state index in [1.807, 2.05) is 6.07 Å². The van der Waals surface area contributed by atoms with Crippen molar-refractivity contribution in [3.05, 3.63) is 40.4 Å². The highest BCUT2D eigenvalue weighted by Crippen LogP contribution is 2.41. The highest BCUT2D eigenvalue weighted by Gasteiger charge is 2.34. The molecule has 6 nitrogen and oxygen atoms in total. The van der Waals surface area contributed by atoms with Gasteiger partial charge in [-0.3, -0.25) is 4.98 Å². The zero-order valence-electron chi connectivity index (χ0n) is 11.6. The summed E-state index contributed by atoms with van der Waals surface area (Å²) in [6.07, 6.45) is 5.37. The predicted octanol–water partition coefficient (Wildman–Crippen LogP) is 2.43. The summed E-state index contributed by atoms with van der Waals surface area (Å²) in [5, 5.41) is 8.68. The molecule has 0 unspecified atom stereocenters. The Balaban J connectivity index is 1.92. The van der Waals surface area contributed by atoms with Crippen molar-refractivity contribution in [1.82, 2.24) is 20.0 Å². The molecule has 1 fully saturated rings. The molecular weight excluding hydrogens is 292 g/mol. The molecule has 1 saturated carbocycles. The van der Waals surface area contributed by atoms with Gasteiger partial charge in [-0.1, -0.05) is 16.8 Å². The number of carbonyl (C=O) groups is 1. The van der Waals surface area contributed by atoms with Crippen molar-refractivity contribution in [3.8, 4) is 0 Å². The summed E-state index contributed by atoms with van der Waals surface area (Å²) in [6, 6.07) is 1.84. The van der Waals surface area contributed by atoms with Gasteiger partial charge in [-0.2, -0.15) is 0 Å². The van der Waals surface area contributed by atoms with Gasteiger partial charge in [-0.15, -0.1) is 5.10 Å². The Morgan fingerprint density at radius 2 is 2.33 bits per heavy atom. The van der Waals surface area contributed by atoms with Gasteiger partial charge in [0.2, 0.25) is 0 Å². The average Bonchev–Trinajstić information content (AvgIpc) is 3.22. The van der Waals surface area contributed by atoms with Crippen molar-refractivity contribution >= 4 is 17.6 Å². The predicted molar refractivity (Wildman–Crippen MR) is 76.3 cm³/mol. The summed E-state index contributed by atoms with van der Waals surface area (Å²) in [4.78, 5) is 15.9. The molecule has 0 bridgehead atoms. The standard InChI is InChI=1S/C14H15ClN4O2/c1-2-21-14(20)12-13(9-3-4-9)19(18-17-12)8-10-5-6-16-7-11(10)15/h5-7,9H,2-4,8H2,1H3. The number of rotatable bonds is 5. The van der Waals surface area contributed by atoms with Gasteiger partial charge in [0.1, 0.15) is 0 Å². The Morgan fingerprint density at radius 1 is 1.52 bits per heavy atom. The van der Waals surface area contributed by atoms with E-state index in [0.717, 1.165) is 24.1 Å². The topological polar surface area (TPSA) is 69.9 Å². The first-order valence-corrected chi connectivity index (χ1v) is 7.27. The Kier molecular flexibility index (Phi) is 3.88. The molecular formula is C14H15ClN4O2. The van der Waals surface area contributed by atoms with Crippen LogP contribution in [0.5, 0.6) is 0 Å². The molecule has 2 aromatic heterocycles. The van der Waals surface area contributed by atoms with Gasteiger partial charge in [-0.25, -0.2) is 9.48 Å². The minimum atomic E-state index is -0.411.